The lowest BCUT2D eigenvalue weighted by molar-refractivity contribution is -0.121. The van der Waals surface area contributed by atoms with Gasteiger partial charge in [-0.15, -0.1) is 12.4 Å². The predicted molar refractivity (Wildman–Crippen MR) is 84.5 cm³/mol. The third-order valence-electron chi connectivity index (χ3n) is 2.80. The molecule has 114 valence electrons. The molecule has 0 radical (unpaired) electrons. The number of hydrogen-bond acceptors (Lipinski definition) is 3. The molecule has 0 saturated heterocycles. The Hall–Kier alpha value is -1.26. The fraction of sp³-hybridized carbons (Fsp3) is 0.533. The van der Waals surface area contributed by atoms with Gasteiger partial charge in [0.15, 0.2) is 0 Å². The molecule has 3 N–H and O–H groups in total. The Balaban J connectivity index is 0.00000361. The van der Waals surface area contributed by atoms with Crippen LogP contribution in [0.2, 0.25) is 0 Å². The van der Waals surface area contributed by atoms with Crippen LogP contribution in [-0.4, -0.2) is 25.1 Å². The van der Waals surface area contributed by atoms with E-state index in [2.05, 4.69) is 5.32 Å². The van der Waals surface area contributed by atoms with Gasteiger partial charge in [0.25, 0.3) is 0 Å². The van der Waals surface area contributed by atoms with E-state index in [4.69, 9.17) is 10.5 Å². The van der Waals surface area contributed by atoms with Gasteiger partial charge in [0, 0.05) is 19.0 Å². The topological polar surface area (TPSA) is 64.3 Å². The van der Waals surface area contributed by atoms with E-state index >= 15 is 0 Å². The molecule has 0 heterocycles. The largest absolute Gasteiger partial charge is 0.494 e. The summed E-state index contributed by atoms with van der Waals surface area (Å²) in [4.78, 5) is 11.6. The number of ether oxygens (including phenoxy) is 1. The number of carbonyl (C=O) groups is 1. The average Bonchev–Trinajstić information content (AvgIpc) is 2.38. The number of nitrogens with one attached hydrogen (secondary N) is 1. The standard InChI is InChI=1S/C15H24N2O2.ClH/c1-3-19-14-7-4-13(5-8-14)6-9-15(18)17-11-10-12(2)16;/h4-5,7-8,12H,3,6,9-11,16H2,1-2H3,(H,17,18);1H. The second-order valence-electron chi connectivity index (χ2n) is 4.69. The summed E-state index contributed by atoms with van der Waals surface area (Å²) in [6.45, 7) is 5.22. The van der Waals surface area contributed by atoms with Gasteiger partial charge in [0.2, 0.25) is 5.91 Å². The Kier molecular flexibility index (Phi) is 9.86. The summed E-state index contributed by atoms with van der Waals surface area (Å²) in [5.74, 6) is 0.946. The monoisotopic (exact) mass is 300 g/mol. The zero-order chi connectivity index (χ0) is 14.1. The van der Waals surface area contributed by atoms with Crippen LogP contribution in [0.4, 0.5) is 0 Å². The van der Waals surface area contributed by atoms with Crippen LogP contribution in [0.3, 0.4) is 0 Å². The maximum atomic E-state index is 11.6. The number of amides is 1. The summed E-state index contributed by atoms with van der Waals surface area (Å²) < 4.78 is 5.37. The zero-order valence-corrected chi connectivity index (χ0v) is 13.0. The molecule has 5 heteroatoms. The maximum Gasteiger partial charge on any atom is 0.220 e. The minimum absolute atomic E-state index is 0. The minimum Gasteiger partial charge on any atom is -0.494 e. The van der Waals surface area contributed by atoms with Gasteiger partial charge in [-0.3, -0.25) is 4.79 Å². The molecule has 0 spiro atoms. The van der Waals surface area contributed by atoms with E-state index < -0.39 is 0 Å². The van der Waals surface area contributed by atoms with Crippen molar-refractivity contribution in [3.05, 3.63) is 29.8 Å². The van der Waals surface area contributed by atoms with Crippen LogP contribution in [0.5, 0.6) is 5.75 Å². The van der Waals surface area contributed by atoms with Crippen LogP contribution in [-0.2, 0) is 11.2 Å². The molecule has 1 atom stereocenters. The van der Waals surface area contributed by atoms with Gasteiger partial charge in [-0.05, 0) is 44.4 Å². The molecule has 0 bridgehead atoms. The molecule has 1 rings (SSSR count). The summed E-state index contributed by atoms with van der Waals surface area (Å²) in [5.41, 5.74) is 6.76. The second-order valence-corrected chi connectivity index (χ2v) is 4.69. The van der Waals surface area contributed by atoms with Crippen molar-refractivity contribution in [2.75, 3.05) is 13.2 Å². The normalized spacial score (nSPS) is 11.3. The van der Waals surface area contributed by atoms with Crippen molar-refractivity contribution in [2.24, 2.45) is 5.73 Å². The van der Waals surface area contributed by atoms with Crippen molar-refractivity contribution in [3.8, 4) is 5.75 Å². The first kappa shape index (κ1) is 18.7. The first-order chi connectivity index (χ1) is 9.11. The van der Waals surface area contributed by atoms with Gasteiger partial charge in [0.1, 0.15) is 5.75 Å². The van der Waals surface area contributed by atoms with Crippen LogP contribution in [0.1, 0.15) is 32.3 Å². The fourth-order valence-corrected chi connectivity index (χ4v) is 1.70. The fourth-order valence-electron chi connectivity index (χ4n) is 1.70. The van der Waals surface area contributed by atoms with Crippen molar-refractivity contribution < 1.29 is 9.53 Å². The molecule has 0 fully saturated rings. The average molecular weight is 301 g/mol. The van der Waals surface area contributed by atoms with Crippen molar-refractivity contribution in [3.63, 3.8) is 0 Å². The third-order valence-corrected chi connectivity index (χ3v) is 2.80. The minimum atomic E-state index is 0. The Morgan fingerprint density at radius 2 is 2.00 bits per heavy atom. The van der Waals surface area contributed by atoms with E-state index in [1.54, 1.807) is 0 Å². The molecule has 1 amide bonds. The molecule has 1 aromatic carbocycles. The summed E-state index contributed by atoms with van der Waals surface area (Å²) in [6, 6.07) is 8.01. The summed E-state index contributed by atoms with van der Waals surface area (Å²) in [6.07, 6.45) is 2.07. The molecular formula is C15H25ClN2O2. The first-order valence-corrected chi connectivity index (χ1v) is 6.85. The van der Waals surface area contributed by atoms with E-state index in [-0.39, 0.29) is 24.4 Å². The maximum absolute atomic E-state index is 11.6. The number of aryl methyl sites for hydroxylation is 1. The number of halogens is 1. The highest BCUT2D eigenvalue weighted by Crippen LogP contribution is 2.13. The molecule has 0 aliphatic carbocycles. The molecule has 1 unspecified atom stereocenters. The van der Waals surface area contributed by atoms with Gasteiger partial charge < -0.3 is 15.8 Å². The molecule has 0 aliphatic rings. The summed E-state index contributed by atoms with van der Waals surface area (Å²) in [5, 5.41) is 2.87. The van der Waals surface area contributed by atoms with E-state index in [9.17, 15) is 4.79 Å². The smallest absolute Gasteiger partial charge is 0.220 e. The second kappa shape index (κ2) is 10.5. The summed E-state index contributed by atoms with van der Waals surface area (Å²) >= 11 is 0. The highest BCUT2D eigenvalue weighted by Gasteiger charge is 2.03. The van der Waals surface area contributed by atoms with Crippen molar-refractivity contribution in [1.82, 2.24) is 5.32 Å². The SMILES string of the molecule is CCOc1ccc(CCC(=O)NCCC(C)N)cc1.Cl. The number of rotatable bonds is 8. The Morgan fingerprint density at radius 3 is 2.55 bits per heavy atom. The predicted octanol–water partition coefficient (Wildman–Crippen LogP) is 2.29. The van der Waals surface area contributed by atoms with Crippen LogP contribution in [0.15, 0.2) is 24.3 Å². The molecule has 0 aromatic heterocycles. The Bertz CT molecular complexity index is 380. The Morgan fingerprint density at radius 1 is 1.35 bits per heavy atom. The first-order valence-electron chi connectivity index (χ1n) is 6.85. The molecular weight excluding hydrogens is 276 g/mol. The van der Waals surface area contributed by atoms with E-state index in [1.807, 2.05) is 38.1 Å². The highest BCUT2D eigenvalue weighted by molar-refractivity contribution is 5.85. The van der Waals surface area contributed by atoms with Crippen LogP contribution in [0.25, 0.3) is 0 Å². The van der Waals surface area contributed by atoms with Crippen LogP contribution < -0.4 is 15.8 Å². The van der Waals surface area contributed by atoms with Gasteiger partial charge in [-0.1, -0.05) is 12.1 Å². The molecule has 20 heavy (non-hydrogen) atoms. The zero-order valence-electron chi connectivity index (χ0n) is 12.2. The molecule has 0 saturated carbocycles. The van der Waals surface area contributed by atoms with Gasteiger partial charge >= 0.3 is 0 Å². The number of hydrogen-bond donors (Lipinski definition) is 2. The number of carbonyl (C=O) groups excluding carboxylic acids is 1. The lowest BCUT2D eigenvalue weighted by atomic mass is 10.1. The number of benzene rings is 1. The molecule has 4 nitrogen and oxygen atoms in total. The van der Waals surface area contributed by atoms with Crippen molar-refractivity contribution in [2.45, 2.75) is 39.2 Å². The Labute approximate surface area is 127 Å². The number of nitrogens with two attached hydrogens (primary N) is 1. The lowest BCUT2D eigenvalue weighted by Gasteiger charge is -2.08. The summed E-state index contributed by atoms with van der Waals surface area (Å²) in [7, 11) is 0. The van der Waals surface area contributed by atoms with Crippen LogP contribution >= 0.6 is 12.4 Å². The lowest BCUT2D eigenvalue weighted by Crippen LogP contribution is -2.29. The van der Waals surface area contributed by atoms with Gasteiger partial charge in [0.05, 0.1) is 6.61 Å². The highest BCUT2D eigenvalue weighted by atomic mass is 35.5. The molecule has 0 aliphatic heterocycles. The van der Waals surface area contributed by atoms with E-state index in [0.717, 1.165) is 24.2 Å². The quantitative estimate of drug-likeness (QED) is 0.774. The van der Waals surface area contributed by atoms with Crippen molar-refractivity contribution >= 4 is 18.3 Å². The van der Waals surface area contributed by atoms with Gasteiger partial charge in [-0.2, -0.15) is 0 Å². The van der Waals surface area contributed by atoms with Crippen LogP contribution in [0, 0.1) is 0 Å². The van der Waals surface area contributed by atoms with E-state index in [0.29, 0.717) is 19.6 Å². The van der Waals surface area contributed by atoms with E-state index in [1.165, 1.54) is 0 Å². The molecule has 1 aromatic rings. The third kappa shape index (κ3) is 8.02. The van der Waals surface area contributed by atoms with Gasteiger partial charge in [-0.25, -0.2) is 0 Å². The van der Waals surface area contributed by atoms with Crippen molar-refractivity contribution in [1.29, 1.82) is 0 Å².